The Kier molecular flexibility index (Phi) is 298. The van der Waals surface area contributed by atoms with Gasteiger partial charge in [0.05, 0.1) is 0 Å². The van der Waals surface area contributed by atoms with Gasteiger partial charge in [-0.3, -0.25) is 0 Å². The first-order chi connectivity index (χ1) is 0. The largest absolute Gasteiger partial charge is 2.00 e. The van der Waals surface area contributed by atoms with Crippen LogP contribution in [-0.4, -0.2) is 75.5 Å². The average molecular weight is 190 g/mol. The van der Waals surface area contributed by atoms with Crippen LogP contribution >= 0.6 is 0 Å². The maximum absolute atomic E-state index is 0. The van der Waals surface area contributed by atoms with Gasteiger partial charge in [-0.15, -0.1) is 0 Å². The molecule has 1 nitrogen and oxygen atoms in total. The van der Waals surface area contributed by atoms with Gasteiger partial charge in [0.1, 0.15) is 0 Å². The Hall–Kier alpha value is 4.06. The summed E-state index contributed by atoms with van der Waals surface area (Å²) in [6.07, 6.45) is 0. The van der Waals surface area contributed by atoms with Crippen LogP contribution in [0.3, 0.4) is 0 Å². The molecule has 0 aliphatic carbocycles. The predicted octanol–water partition coefficient (Wildman–Crippen LogP) is -9.87. The standard InChI is InChI=1S/2Ca.2ClH.Na.O/h;;2*1H;;/q2*+2;;;+1;-2/p-2. The fourth-order valence-electron chi connectivity index (χ4n) is 0. The van der Waals surface area contributed by atoms with Crippen molar-refractivity contribution in [2.24, 2.45) is 0 Å². The molecular formula is Ca2Cl2NaO+. The monoisotopic (exact) mass is 189 g/mol. The van der Waals surface area contributed by atoms with Gasteiger partial charge in [-0.05, 0) is 0 Å². The zero-order chi connectivity index (χ0) is 0. The first-order valence-electron chi connectivity index (χ1n) is 0. The van der Waals surface area contributed by atoms with E-state index in [1.807, 2.05) is 0 Å². The van der Waals surface area contributed by atoms with Gasteiger partial charge in [-0.1, -0.05) is 0 Å². The average Bonchev–Trinajstić information content (AvgIpc) is 0. The Morgan fingerprint density at radius 1 is 0.667 bits per heavy atom. The van der Waals surface area contributed by atoms with Crippen LogP contribution in [0.1, 0.15) is 0 Å². The van der Waals surface area contributed by atoms with E-state index in [1.165, 1.54) is 0 Å². The topological polar surface area (TPSA) is 28.5 Å². The smallest absolute Gasteiger partial charge is 2.00 e. The molecule has 0 heterocycles. The Labute approximate surface area is 132 Å². The minimum absolute atomic E-state index is 0. The zero-order valence-corrected chi connectivity index (χ0v) is 11.5. The molecule has 6 heavy (non-hydrogen) atoms. The molecule has 0 saturated heterocycles. The Morgan fingerprint density at radius 2 is 0.667 bits per heavy atom. The van der Waals surface area contributed by atoms with Crippen molar-refractivity contribution in [3.05, 3.63) is 0 Å². The van der Waals surface area contributed by atoms with Crippen molar-refractivity contribution in [2.45, 2.75) is 0 Å². The summed E-state index contributed by atoms with van der Waals surface area (Å²) in [4.78, 5) is 0. The van der Waals surface area contributed by atoms with Gasteiger partial charge in [0, 0.05) is 0 Å². The maximum Gasteiger partial charge on any atom is 2.00 e. The molecule has 0 aromatic carbocycles. The minimum atomic E-state index is 0. The van der Waals surface area contributed by atoms with Crippen molar-refractivity contribution in [1.29, 1.82) is 0 Å². The zero-order valence-electron chi connectivity index (χ0n) is 3.58. The summed E-state index contributed by atoms with van der Waals surface area (Å²) in [6.45, 7) is 0. The summed E-state index contributed by atoms with van der Waals surface area (Å²) < 4.78 is 0. The van der Waals surface area contributed by atoms with E-state index in [-0.39, 0.29) is 135 Å². The van der Waals surface area contributed by atoms with Gasteiger partial charge < -0.3 is 30.3 Å². The molecule has 0 aliphatic rings. The second kappa shape index (κ2) is 35.7. The minimum Gasteiger partial charge on any atom is -2.00 e. The Morgan fingerprint density at radius 3 is 0.667 bits per heavy atom. The van der Waals surface area contributed by atoms with Crippen LogP contribution in [0.4, 0.5) is 0 Å². The summed E-state index contributed by atoms with van der Waals surface area (Å²) in [5, 5.41) is 0. The summed E-state index contributed by atoms with van der Waals surface area (Å²) in [6, 6.07) is 0. The second-order valence-electron chi connectivity index (χ2n) is 0. The molecule has 6 heteroatoms. The van der Waals surface area contributed by atoms with Crippen molar-refractivity contribution in [2.75, 3.05) is 0 Å². The molecule has 0 radical (unpaired) electrons. The van der Waals surface area contributed by atoms with Gasteiger partial charge in [0.2, 0.25) is 0 Å². The van der Waals surface area contributed by atoms with E-state index in [4.69, 9.17) is 0 Å². The molecule has 0 aliphatic heterocycles. The summed E-state index contributed by atoms with van der Waals surface area (Å²) in [7, 11) is 0. The van der Waals surface area contributed by atoms with Gasteiger partial charge in [0.25, 0.3) is 0 Å². The number of halogens is 2. The molecule has 0 spiro atoms. The molecule has 0 aromatic rings. The third kappa shape index (κ3) is 24.4. The third-order valence-corrected chi connectivity index (χ3v) is 0. The molecule has 0 amide bonds. The van der Waals surface area contributed by atoms with E-state index in [0.29, 0.717) is 0 Å². The van der Waals surface area contributed by atoms with E-state index < -0.39 is 0 Å². The van der Waals surface area contributed by atoms with Crippen molar-refractivity contribution in [1.82, 2.24) is 0 Å². The molecule has 24 valence electrons. The van der Waals surface area contributed by atoms with Gasteiger partial charge >= 0.3 is 105 Å². The maximum atomic E-state index is 0. The van der Waals surface area contributed by atoms with Gasteiger partial charge in [-0.25, -0.2) is 0 Å². The number of hydrogen-bond donors (Lipinski definition) is 0. The molecule has 0 saturated carbocycles. The third-order valence-electron chi connectivity index (χ3n) is 0. The molecule has 0 atom stereocenters. The molecule has 0 aromatic heterocycles. The Bertz CT molecular complexity index is 11.5. The first kappa shape index (κ1) is 50.1. The van der Waals surface area contributed by atoms with E-state index in [1.54, 1.807) is 0 Å². The normalized spacial score (nSPS) is 0. The number of hydrogen-bond acceptors (Lipinski definition) is 0. The molecule has 0 unspecified atom stereocenters. The fourth-order valence-corrected chi connectivity index (χ4v) is 0. The van der Waals surface area contributed by atoms with Gasteiger partial charge in [0.15, 0.2) is 0 Å². The van der Waals surface area contributed by atoms with Crippen molar-refractivity contribution >= 4 is 75.5 Å². The summed E-state index contributed by atoms with van der Waals surface area (Å²) in [5.41, 5.74) is 0. The SMILES string of the molecule is [Ca+2].[Ca+2].[Cl-].[Cl-].[Na+].[O-2]. The van der Waals surface area contributed by atoms with Crippen LogP contribution in [0.2, 0.25) is 0 Å². The summed E-state index contributed by atoms with van der Waals surface area (Å²) in [5.74, 6) is 0. The van der Waals surface area contributed by atoms with Crippen LogP contribution < -0.4 is 54.4 Å². The Balaban J connectivity index is 0. The van der Waals surface area contributed by atoms with Crippen molar-refractivity contribution < 1.29 is 59.8 Å². The van der Waals surface area contributed by atoms with Crippen molar-refractivity contribution in [3.8, 4) is 0 Å². The molecular weight excluding hydrogens is 190 g/mol. The predicted molar refractivity (Wildman–Crippen MR) is 12.2 cm³/mol. The molecule has 0 fully saturated rings. The fraction of sp³-hybridized carbons (Fsp3) is 0. The van der Waals surface area contributed by atoms with Crippen LogP contribution in [0.5, 0.6) is 0 Å². The van der Waals surface area contributed by atoms with Crippen LogP contribution in [0.15, 0.2) is 0 Å². The quantitative estimate of drug-likeness (QED) is 0.339. The van der Waals surface area contributed by atoms with Crippen LogP contribution in [0.25, 0.3) is 0 Å². The van der Waals surface area contributed by atoms with E-state index in [2.05, 4.69) is 0 Å². The van der Waals surface area contributed by atoms with Crippen LogP contribution in [0, 0.1) is 0 Å². The van der Waals surface area contributed by atoms with Crippen molar-refractivity contribution in [3.63, 3.8) is 0 Å². The van der Waals surface area contributed by atoms with Gasteiger partial charge in [-0.2, -0.15) is 0 Å². The van der Waals surface area contributed by atoms with E-state index in [9.17, 15) is 0 Å². The van der Waals surface area contributed by atoms with E-state index in [0.717, 1.165) is 0 Å². The van der Waals surface area contributed by atoms with E-state index >= 15 is 0 Å². The molecule has 0 N–H and O–H groups in total. The number of rotatable bonds is 0. The summed E-state index contributed by atoms with van der Waals surface area (Å²) >= 11 is 0. The second-order valence-corrected chi connectivity index (χ2v) is 0. The first-order valence-corrected chi connectivity index (χ1v) is 0. The van der Waals surface area contributed by atoms with Crippen LogP contribution in [-0.2, 0) is 5.48 Å². The molecule has 0 rings (SSSR count). The molecule has 0 bridgehead atoms.